The molecule has 0 aromatic rings. The highest BCUT2D eigenvalue weighted by Crippen LogP contribution is 2.24. The van der Waals surface area contributed by atoms with Crippen molar-refractivity contribution < 1.29 is 5.11 Å². The Hall–Kier alpha value is -0.0800. The number of hydrogen-bond donors (Lipinski definition) is 1. The minimum Gasteiger partial charge on any atom is -0.393 e. The van der Waals surface area contributed by atoms with E-state index in [1.165, 1.54) is 45.1 Å². The lowest BCUT2D eigenvalue weighted by Gasteiger charge is -2.33. The molecule has 2 aliphatic rings. The monoisotopic (exact) mass is 197 g/mol. The van der Waals surface area contributed by atoms with Crippen LogP contribution in [0, 0.1) is 0 Å². The van der Waals surface area contributed by atoms with E-state index in [1.54, 1.807) is 0 Å². The molecule has 14 heavy (non-hydrogen) atoms. The molecule has 1 N–H and O–H groups in total. The smallest absolute Gasteiger partial charge is 0.0553 e. The van der Waals surface area contributed by atoms with Crippen LogP contribution < -0.4 is 0 Å². The summed E-state index contributed by atoms with van der Waals surface area (Å²) in [6.45, 7) is 2.35. The molecule has 0 radical (unpaired) electrons. The first-order valence-electron chi connectivity index (χ1n) is 6.28. The lowest BCUT2D eigenvalue weighted by Crippen LogP contribution is -2.37. The number of aliphatic hydroxyl groups is 1. The normalized spacial score (nSPS) is 32.8. The predicted molar refractivity (Wildman–Crippen MR) is 58.3 cm³/mol. The first-order valence-corrected chi connectivity index (χ1v) is 6.28. The van der Waals surface area contributed by atoms with E-state index in [0.29, 0.717) is 0 Å². The van der Waals surface area contributed by atoms with Crippen LogP contribution in [-0.4, -0.2) is 35.2 Å². The van der Waals surface area contributed by atoms with Crippen molar-refractivity contribution in [1.29, 1.82) is 0 Å². The molecule has 2 fully saturated rings. The highest BCUT2D eigenvalue weighted by atomic mass is 16.3. The number of nitrogens with zero attached hydrogens (tertiary/aromatic N) is 1. The third-order valence-corrected chi connectivity index (χ3v) is 3.82. The van der Waals surface area contributed by atoms with Gasteiger partial charge in [-0.2, -0.15) is 0 Å². The highest BCUT2D eigenvalue weighted by Gasteiger charge is 2.23. The fourth-order valence-corrected chi connectivity index (χ4v) is 2.91. The van der Waals surface area contributed by atoms with Gasteiger partial charge in [-0.1, -0.05) is 19.3 Å². The van der Waals surface area contributed by atoms with E-state index in [-0.39, 0.29) is 6.10 Å². The molecule has 1 saturated heterocycles. The van der Waals surface area contributed by atoms with Gasteiger partial charge in [-0.05, 0) is 38.6 Å². The molecule has 0 spiro atoms. The predicted octanol–water partition coefficient (Wildman–Crippen LogP) is 2.17. The molecule has 1 heterocycles. The summed E-state index contributed by atoms with van der Waals surface area (Å²) in [5, 5.41) is 9.58. The molecule has 0 aromatic heterocycles. The van der Waals surface area contributed by atoms with Gasteiger partial charge in [0, 0.05) is 12.6 Å². The van der Waals surface area contributed by atoms with Crippen molar-refractivity contribution in [3.8, 4) is 0 Å². The SMILES string of the molecule is OC1CCCN(C2CCCCC2)CC1. The molecular formula is C12H23NO. The van der Waals surface area contributed by atoms with Crippen LogP contribution in [-0.2, 0) is 0 Å². The minimum atomic E-state index is -0.0245. The van der Waals surface area contributed by atoms with Crippen LogP contribution in [0.3, 0.4) is 0 Å². The fourth-order valence-electron chi connectivity index (χ4n) is 2.91. The first kappa shape index (κ1) is 10.4. The van der Waals surface area contributed by atoms with Crippen molar-refractivity contribution >= 4 is 0 Å². The molecular weight excluding hydrogens is 174 g/mol. The van der Waals surface area contributed by atoms with Crippen LogP contribution in [0.1, 0.15) is 51.4 Å². The van der Waals surface area contributed by atoms with E-state index in [1.807, 2.05) is 0 Å². The molecule has 1 aliphatic carbocycles. The zero-order valence-electron chi connectivity index (χ0n) is 9.12. The molecule has 0 bridgehead atoms. The Morgan fingerprint density at radius 3 is 2.36 bits per heavy atom. The maximum atomic E-state index is 9.58. The lowest BCUT2D eigenvalue weighted by molar-refractivity contribution is 0.135. The molecule has 1 atom stereocenters. The van der Waals surface area contributed by atoms with E-state index < -0.39 is 0 Å². The van der Waals surface area contributed by atoms with Crippen molar-refractivity contribution in [2.24, 2.45) is 0 Å². The van der Waals surface area contributed by atoms with E-state index in [2.05, 4.69) is 4.90 Å². The molecule has 0 amide bonds. The second-order valence-corrected chi connectivity index (χ2v) is 4.91. The molecule has 1 saturated carbocycles. The average Bonchev–Trinajstić information content (AvgIpc) is 2.44. The van der Waals surface area contributed by atoms with Crippen LogP contribution in [0.25, 0.3) is 0 Å². The Morgan fingerprint density at radius 2 is 1.57 bits per heavy atom. The van der Waals surface area contributed by atoms with Gasteiger partial charge < -0.3 is 10.0 Å². The highest BCUT2D eigenvalue weighted by molar-refractivity contribution is 4.78. The first-order chi connectivity index (χ1) is 6.86. The second-order valence-electron chi connectivity index (χ2n) is 4.91. The molecule has 2 rings (SSSR count). The summed E-state index contributed by atoms with van der Waals surface area (Å²) in [6.07, 6.45) is 10.3. The van der Waals surface area contributed by atoms with Crippen LogP contribution in [0.4, 0.5) is 0 Å². The zero-order chi connectivity index (χ0) is 9.80. The van der Waals surface area contributed by atoms with Gasteiger partial charge in [0.15, 0.2) is 0 Å². The van der Waals surface area contributed by atoms with Crippen molar-refractivity contribution in [3.05, 3.63) is 0 Å². The van der Waals surface area contributed by atoms with Gasteiger partial charge in [-0.25, -0.2) is 0 Å². The van der Waals surface area contributed by atoms with Gasteiger partial charge in [0.1, 0.15) is 0 Å². The topological polar surface area (TPSA) is 23.5 Å². The quantitative estimate of drug-likeness (QED) is 0.696. The zero-order valence-corrected chi connectivity index (χ0v) is 9.12. The van der Waals surface area contributed by atoms with Gasteiger partial charge >= 0.3 is 0 Å². The standard InChI is InChI=1S/C12H23NO/c14-12-7-4-9-13(10-8-12)11-5-2-1-3-6-11/h11-12,14H,1-10H2. The van der Waals surface area contributed by atoms with Gasteiger partial charge in [0.05, 0.1) is 6.10 Å². The molecule has 0 aromatic carbocycles. The number of likely N-dealkylation sites (tertiary alicyclic amines) is 1. The summed E-state index contributed by atoms with van der Waals surface area (Å²) in [4.78, 5) is 2.63. The molecule has 2 nitrogen and oxygen atoms in total. The van der Waals surface area contributed by atoms with Gasteiger partial charge in [0.25, 0.3) is 0 Å². The number of rotatable bonds is 1. The molecule has 1 unspecified atom stereocenters. The largest absolute Gasteiger partial charge is 0.393 e. The summed E-state index contributed by atoms with van der Waals surface area (Å²) in [7, 11) is 0. The molecule has 2 heteroatoms. The maximum absolute atomic E-state index is 9.58. The van der Waals surface area contributed by atoms with Crippen LogP contribution in [0.5, 0.6) is 0 Å². The van der Waals surface area contributed by atoms with Gasteiger partial charge in [0.2, 0.25) is 0 Å². The fraction of sp³-hybridized carbons (Fsp3) is 1.00. The Bertz CT molecular complexity index is 166. The van der Waals surface area contributed by atoms with Crippen LogP contribution >= 0.6 is 0 Å². The van der Waals surface area contributed by atoms with Crippen molar-refractivity contribution in [2.45, 2.75) is 63.5 Å². The third-order valence-electron chi connectivity index (χ3n) is 3.82. The van der Waals surface area contributed by atoms with Crippen molar-refractivity contribution in [1.82, 2.24) is 4.90 Å². The molecule has 1 aliphatic heterocycles. The summed E-state index contributed by atoms with van der Waals surface area (Å²) in [6, 6.07) is 0.842. The number of aliphatic hydroxyl groups excluding tert-OH is 1. The molecule has 82 valence electrons. The summed E-state index contributed by atoms with van der Waals surface area (Å²) < 4.78 is 0. The van der Waals surface area contributed by atoms with E-state index in [9.17, 15) is 5.11 Å². The van der Waals surface area contributed by atoms with Crippen molar-refractivity contribution in [3.63, 3.8) is 0 Å². The van der Waals surface area contributed by atoms with Gasteiger partial charge in [-0.15, -0.1) is 0 Å². The summed E-state index contributed by atoms with van der Waals surface area (Å²) in [5.41, 5.74) is 0. The average molecular weight is 197 g/mol. The van der Waals surface area contributed by atoms with Crippen LogP contribution in [0.15, 0.2) is 0 Å². The van der Waals surface area contributed by atoms with Crippen LogP contribution in [0.2, 0.25) is 0 Å². The Labute approximate surface area is 87.3 Å². The van der Waals surface area contributed by atoms with E-state index in [0.717, 1.165) is 25.4 Å². The Kier molecular flexibility index (Phi) is 3.82. The Balaban J connectivity index is 1.83. The second kappa shape index (κ2) is 5.13. The Morgan fingerprint density at radius 1 is 0.786 bits per heavy atom. The van der Waals surface area contributed by atoms with E-state index >= 15 is 0 Å². The summed E-state index contributed by atoms with van der Waals surface area (Å²) >= 11 is 0. The lowest BCUT2D eigenvalue weighted by atomic mass is 9.94. The minimum absolute atomic E-state index is 0.0245. The van der Waals surface area contributed by atoms with Crippen molar-refractivity contribution in [2.75, 3.05) is 13.1 Å². The maximum Gasteiger partial charge on any atom is 0.0553 e. The third kappa shape index (κ3) is 2.71. The number of hydrogen-bond acceptors (Lipinski definition) is 2. The summed E-state index contributed by atoms with van der Waals surface area (Å²) in [5.74, 6) is 0. The van der Waals surface area contributed by atoms with Gasteiger partial charge in [-0.3, -0.25) is 0 Å². The van der Waals surface area contributed by atoms with E-state index in [4.69, 9.17) is 0 Å².